The lowest BCUT2D eigenvalue weighted by atomic mass is 10.2. The monoisotopic (exact) mass is 470 g/mol. The zero-order chi connectivity index (χ0) is 18.7. The van der Waals surface area contributed by atoms with Gasteiger partial charge in [0, 0.05) is 15.5 Å². The highest BCUT2D eigenvalue weighted by atomic mass is 127. The second-order valence-electron chi connectivity index (χ2n) is 5.55. The Morgan fingerprint density at radius 2 is 1.65 bits per heavy atom. The Bertz CT molecular complexity index is 911. The van der Waals surface area contributed by atoms with Crippen molar-refractivity contribution >= 4 is 45.7 Å². The highest BCUT2D eigenvalue weighted by molar-refractivity contribution is 14.1. The lowest BCUT2D eigenvalue weighted by Gasteiger charge is -2.15. The zero-order valence-electron chi connectivity index (χ0n) is 13.6. The first kappa shape index (κ1) is 18.4. The van der Waals surface area contributed by atoms with Crippen LogP contribution in [0.1, 0.15) is 11.1 Å². The number of nitrogens with one attached hydrogen (secondary N) is 2. The quantitative estimate of drug-likeness (QED) is 0.467. The molecule has 0 radical (unpaired) electrons. The van der Waals surface area contributed by atoms with Gasteiger partial charge < -0.3 is 10.6 Å². The maximum atomic E-state index is 13.3. The normalized spacial score (nSPS) is 11.3. The molecule has 0 spiro atoms. The zero-order valence-corrected chi connectivity index (χ0v) is 15.8. The summed E-state index contributed by atoms with van der Waals surface area (Å²) in [7, 11) is 0. The Kier molecular flexibility index (Phi) is 5.30. The van der Waals surface area contributed by atoms with Crippen LogP contribution in [0.25, 0.3) is 0 Å². The molecule has 3 rings (SSSR count). The molecule has 0 amide bonds. The van der Waals surface area contributed by atoms with Crippen molar-refractivity contribution in [3.8, 4) is 0 Å². The van der Waals surface area contributed by atoms with E-state index in [1.165, 1.54) is 0 Å². The highest BCUT2D eigenvalue weighted by Crippen LogP contribution is 2.36. The van der Waals surface area contributed by atoms with E-state index in [1.54, 1.807) is 18.2 Å². The number of hydrogen-bond acceptors (Lipinski definition) is 4. The largest absolute Gasteiger partial charge is 0.421 e. The summed E-state index contributed by atoms with van der Waals surface area (Å²) in [6.45, 7) is 1.95. The molecule has 0 aliphatic carbocycles. The Morgan fingerprint density at radius 1 is 0.962 bits per heavy atom. The van der Waals surface area contributed by atoms with Crippen LogP contribution in [-0.2, 0) is 6.18 Å². The van der Waals surface area contributed by atoms with E-state index in [-0.39, 0.29) is 11.8 Å². The van der Waals surface area contributed by atoms with Crippen LogP contribution in [0.2, 0.25) is 0 Å². The van der Waals surface area contributed by atoms with Crippen LogP contribution in [-0.4, -0.2) is 9.97 Å². The molecule has 2 aromatic carbocycles. The Balaban J connectivity index is 1.96. The van der Waals surface area contributed by atoms with E-state index in [2.05, 4.69) is 20.6 Å². The fraction of sp³-hybridized carbons (Fsp3) is 0.111. The van der Waals surface area contributed by atoms with E-state index in [0.29, 0.717) is 11.4 Å². The minimum atomic E-state index is -4.56. The van der Waals surface area contributed by atoms with E-state index in [4.69, 9.17) is 0 Å². The van der Waals surface area contributed by atoms with Gasteiger partial charge in [0.1, 0.15) is 11.4 Å². The average molecular weight is 470 g/mol. The number of hydrogen-bond donors (Lipinski definition) is 2. The number of aryl methyl sites for hydroxylation is 1. The van der Waals surface area contributed by atoms with Gasteiger partial charge in [-0.3, -0.25) is 0 Å². The van der Waals surface area contributed by atoms with E-state index in [1.807, 2.05) is 59.8 Å². The number of para-hydroxylation sites is 1. The van der Waals surface area contributed by atoms with Gasteiger partial charge in [0.25, 0.3) is 0 Å². The minimum absolute atomic E-state index is 0.0790. The van der Waals surface area contributed by atoms with Crippen molar-refractivity contribution in [3.05, 3.63) is 69.4 Å². The molecule has 1 heterocycles. The van der Waals surface area contributed by atoms with Crippen LogP contribution < -0.4 is 10.6 Å². The number of rotatable bonds is 4. The molecular weight excluding hydrogens is 456 g/mol. The summed E-state index contributed by atoms with van der Waals surface area (Å²) < 4.78 is 40.7. The van der Waals surface area contributed by atoms with E-state index in [0.717, 1.165) is 15.3 Å². The van der Waals surface area contributed by atoms with Gasteiger partial charge in [-0.1, -0.05) is 29.8 Å². The molecule has 0 fully saturated rings. The number of benzene rings is 2. The first-order chi connectivity index (χ1) is 12.3. The SMILES string of the molecule is Cc1ccc(Nc2ncc(C(F)(F)F)c(Nc3ccccc3I)n2)cc1. The number of anilines is 4. The van der Waals surface area contributed by atoms with Gasteiger partial charge >= 0.3 is 6.18 Å². The van der Waals surface area contributed by atoms with Crippen LogP contribution >= 0.6 is 22.6 Å². The molecular formula is C18H14F3IN4. The molecule has 0 saturated heterocycles. The van der Waals surface area contributed by atoms with Crippen molar-refractivity contribution in [1.82, 2.24) is 9.97 Å². The number of nitrogens with zero attached hydrogens (tertiary/aromatic N) is 2. The summed E-state index contributed by atoms with van der Waals surface area (Å²) in [6.07, 6.45) is -3.79. The van der Waals surface area contributed by atoms with Crippen molar-refractivity contribution in [1.29, 1.82) is 0 Å². The van der Waals surface area contributed by atoms with Crippen LogP contribution in [0.3, 0.4) is 0 Å². The minimum Gasteiger partial charge on any atom is -0.339 e. The van der Waals surface area contributed by atoms with Crippen molar-refractivity contribution in [3.63, 3.8) is 0 Å². The van der Waals surface area contributed by atoms with Gasteiger partial charge in [0.15, 0.2) is 0 Å². The van der Waals surface area contributed by atoms with Crippen LogP contribution in [0.5, 0.6) is 0 Å². The van der Waals surface area contributed by atoms with Gasteiger partial charge in [-0.15, -0.1) is 0 Å². The molecule has 8 heteroatoms. The predicted octanol–water partition coefficient (Wildman–Crippen LogP) is 5.90. The summed E-state index contributed by atoms with van der Waals surface area (Å²) in [5.74, 6) is -0.221. The third-order valence-corrected chi connectivity index (χ3v) is 4.47. The molecule has 0 saturated carbocycles. The molecule has 0 atom stereocenters. The molecule has 0 bridgehead atoms. The Labute approximate surface area is 162 Å². The summed E-state index contributed by atoms with van der Waals surface area (Å²) in [6, 6.07) is 14.4. The van der Waals surface area contributed by atoms with Crippen molar-refractivity contribution in [2.24, 2.45) is 0 Å². The van der Waals surface area contributed by atoms with Gasteiger partial charge in [-0.05, 0) is 53.8 Å². The Hall–Kier alpha value is -2.36. The first-order valence-corrected chi connectivity index (χ1v) is 8.70. The maximum Gasteiger partial charge on any atom is 0.421 e. The summed E-state index contributed by atoms with van der Waals surface area (Å²) in [4.78, 5) is 7.84. The molecule has 1 aromatic heterocycles. The number of aromatic nitrogens is 2. The third-order valence-electron chi connectivity index (χ3n) is 3.53. The fourth-order valence-electron chi connectivity index (χ4n) is 2.20. The molecule has 0 aliphatic rings. The second-order valence-corrected chi connectivity index (χ2v) is 6.71. The predicted molar refractivity (Wildman–Crippen MR) is 104 cm³/mol. The van der Waals surface area contributed by atoms with Gasteiger partial charge in [-0.2, -0.15) is 18.2 Å². The first-order valence-electron chi connectivity index (χ1n) is 7.62. The maximum absolute atomic E-state index is 13.3. The van der Waals surface area contributed by atoms with E-state index in [9.17, 15) is 13.2 Å². The summed E-state index contributed by atoms with van der Waals surface area (Å²) in [5.41, 5.74) is 1.38. The molecule has 0 aliphatic heterocycles. The highest BCUT2D eigenvalue weighted by Gasteiger charge is 2.35. The second kappa shape index (κ2) is 7.48. The topological polar surface area (TPSA) is 49.8 Å². The lowest BCUT2D eigenvalue weighted by Crippen LogP contribution is -2.13. The van der Waals surface area contributed by atoms with E-state index >= 15 is 0 Å². The van der Waals surface area contributed by atoms with Gasteiger partial charge in [0.2, 0.25) is 5.95 Å². The van der Waals surface area contributed by atoms with Crippen LogP contribution in [0.15, 0.2) is 54.7 Å². The summed E-state index contributed by atoms with van der Waals surface area (Å²) in [5, 5.41) is 5.68. The fourth-order valence-corrected chi connectivity index (χ4v) is 2.72. The lowest BCUT2D eigenvalue weighted by molar-refractivity contribution is -0.137. The molecule has 0 unspecified atom stereocenters. The van der Waals surface area contributed by atoms with Crippen molar-refractivity contribution in [2.75, 3.05) is 10.6 Å². The van der Waals surface area contributed by atoms with Gasteiger partial charge in [0.05, 0.1) is 5.69 Å². The number of halogens is 4. The van der Waals surface area contributed by atoms with E-state index < -0.39 is 11.7 Å². The molecule has 2 N–H and O–H groups in total. The molecule has 26 heavy (non-hydrogen) atoms. The van der Waals surface area contributed by atoms with Crippen molar-refractivity contribution in [2.45, 2.75) is 13.1 Å². The summed E-state index contributed by atoms with van der Waals surface area (Å²) >= 11 is 2.05. The average Bonchev–Trinajstić information content (AvgIpc) is 2.58. The third kappa shape index (κ3) is 4.43. The number of alkyl halides is 3. The van der Waals surface area contributed by atoms with Crippen LogP contribution in [0, 0.1) is 10.5 Å². The van der Waals surface area contributed by atoms with Crippen molar-refractivity contribution < 1.29 is 13.2 Å². The molecule has 4 nitrogen and oxygen atoms in total. The van der Waals surface area contributed by atoms with Gasteiger partial charge in [-0.25, -0.2) is 4.98 Å². The smallest absolute Gasteiger partial charge is 0.339 e. The Morgan fingerprint density at radius 3 is 2.31 bits per heavy atom. The molecule has 134 valence electrons. The molecule has 3 aromatic rings. The standard InChI is InChI=1S/C18H14F3IN4/c1-11-6-8-12(9-7-11)24-17-23-10-13(18(19,20)21)16(26-17)25-15-5-3-2-4-14(15)22/h2-10H,1H3,(H2,23,24,25,26). The van der Waals surface area contributed by atoms with Crippen LogP contribution in [0.4, 0.5) is 36.3 Å².